The van der Waals surface area contributed by atoms with Crippen molar-refractivity contribution >= 4 is 0 Å². The van der Waals surface area contributed by atoms with Crippen LogP contribution in [0.25, 0.3) is 0 Å². The Morgan fingerprint density at radius 3 is 2.45 bits per heavy atom. The van der Waals surface area contributed by atoms with Crippen molar-refractivity contribution < 1.29 is 4.74 Å². The van der Waals surface area contributed by atoms with Crippen LogP contribution >= 0.6 is 0 Å². The second-order valence-corrected chi connectivity index (χ2v) is 6.80. The Balaban J connectivity index is 1.84. The highest BCUT2D eigenvalue weighted by atomic mass is 16.6. The molecule has 1 rings (SSSR count). The minimum absolute atomic E-state index is 0.547. The van der Waals surface area contributed by atoms with Crippen LogP contribution in [0.15, 0.2) is 12.2 Å². The lowest BCUT2D eigenvalue weighted by Gasteiger charge is -2.02. The Morgan fingerprint density at radius 2 is 1.70 bits per heavy atom. The summed E-state index contributed by atoms with van der Waals surface area (Å²) in [6, 6.07) is 0. The summed E-state index contributed by atoms with van der Waals surface area (Å²) >= 11 is 0. The predicted octanol–water partition coefficient (Wildman–Crippen LogP) is 6.28. The lowest BCUT2D eigenvalue weighted by molar-refractivity contribution is 0.357. The van der Waals surface area contributed by atoms with Gasteiger partial charge in [0.25, 0.3) is 0 Å². The van der Waals surface area contributed by atoms with Crippen LogP contribution in [0.4, 0.5) is 0 Å². The zero-order valence-electron chi connectivity index (χ0n) is 14.1. The van der Waals surface area contributed by atoms with Crippen molar-refractivity contribution in [2.45, 2.75) is 104 Å². The molecule has 1 heterocycles. The molecule has 0 aliphatic carbocycles. The first kappa shape index (κ1) is 17.8. The summed E-state index contributed by atoms with van der Waals surface area (Å²) in [4.78, 5) is 0. The lowest BCUT2D eigenvalue weighted by atomic mass is 10.0. The third kappa shape index (κ3) is 9.58. The minimum Gasteiger partial charge on any atom is -0.369 e. The topological polar surface area (TPSA) is 12.5 Å². The van der Waals surface area contributed by atoms with Gasteiger partial charge in [0.2, 0.25) is 0 Å². The van der Waals surface area contributed by atoms with Gasteiger partial charge in [0.15, 0.2) is 0 Å². The van der Waals surface area contributed by atoms with E-state index in [2.05, 4.69) is 32.9 Å². The molecule has 1 saturated heterocycles. The van der Waals surface area contributed by atoms with Crippen LogP contribution in [0.5, 0.6) is 0 Å². The van der Waals surface area contributed by atoms with Gasteiger partial charge in [-0.15, -0.1) is 0 Å². The van der Waals surface area contributed by atoms with Gasteiger partial charge in [0, 0.05) is 0 Å². The molecule has 0 spiro atoms. The maximum atomic E-state index is 5.73. The Kier molecular flexibility index (Phi) is 10.1. The standard InChI is InChI=1S/C19H36O/c1-4-5-6-7-8-9-10-11-15-18-19(20-18)16-13-12-14-17(2)3/h10-11,17-19H,4-9,12-16H2,1-3H3/b11-10-. The molecule has 1 fully saturated rings. The molecule has 0 bridgehead atoms. The molecule has 0 aromatic heterocycles. The summed E-state index contributed by atoms with van der Waals surface area (Å²) in [7, 11) is 0. The van der Waals surface area contributed by atoms with Crippen molar-refractivity contribution in [3.05, 3.63) is 12.2 Å². The van der Waals surface area contributed by atoms with Gasteiger partial charge in [-0.2, -0.15) is 0 Å². The lowest BCUT2D eigenvalue weighted by Crippen LogP contribution is -1.94. The molecule has 0 amide bonds. The first-order valence-electron chi connectivity index (χ1n) is 9.04. The maximum Gasteiger partial charge on any atom is 0.0876 e. The van der Waals surface area contributed by atoms with Gasteiger partial charge < -0.3 is 4.74 Å². The largest absolute Gasteiger partial charge is 0.369 e. The van der Waals surface area contributed by atoms with E-state index >= 15 is 0 Å². The Bertz CT molecular complexity index is 244. The number of allylic oxidation sites excluding steroid dienone is 1. The molecular weight excluding hydrogens is 244 g/mol. The van der Waals surface area contributed by atoms with Crippen LogP contribution in [0.1, 0.15) is 91.4 Å². The second kappa shape index (κ2) is 11.4. The fourth-order valence-electron chi connectivity index (χ4n) is 2.75. The van der Waals surface area contributed by atoms with Crippen molar-refractivity contribution in [3.8, 4) is 0 Å². The first-order chi connectivity index (χ1) is 9.74. The highest BCUT2D eigenvalue weighted by molar-refractivity contribution is 4.93. The third-order valence-electron chi connectivity index (χ3n) is 4.22. The monoisotopic (exact) mass is 280 g/mol. The van der Waals surface area contributed by atoms with E-state index in [4.69, 9.17) is 4.74 Å². The highest BCUT2D eigenvalue weighted by Gasteiger charge is 2.36. The maximum absolute atomic E-state index is 5.73. The van der Waals surface area contributed by atoms with E-state index in [-0.39, 0.29) is 0 Å². The van der Waals surface area contributed by atoms with Gasteiger partial charge in [0.1, 0.15) is 0 Å². The molecule has 0 saturated carbocycles. The normalized spacial score (nSPS) is 22.0. The molecule has 2 unspecified atom stereocenters. The summed E-state index contributed by atoms with van der Waals surface area (Å²) < 4.78 is 5.73. The molecule has 1 heteroatoms. The van der Waals surface area contributed by atoms with E-state index < -0.39 is 0 Å². The van der Waals surface area contributed by atoms with Crippen LogP contribution < -0.4 is 0 Å². The van der Waals surface area contributed by atoms with Gasteiger partial charge >= 0.3 is 0 Å². The molecule has 0 aromatic carbocycles. The van der Waals surface area contributed by atoms with Gasteiger partial charge in [-0.25, -0.2) is 0 Å². The van der Waals surface area contributed by atoms with Crippen molar-refractivity contribution in [1.29, 1.82) is 0 Å². The number of unbranched alkanes of at least 4 members (excludes halogenated alkanes) is 6. The van der Waals surface area contributed by atoms with Crippen molar-refractivity contribution in [3.63, 3.8) is 0 Å². The molecule has 0 N–H and O–H groups in total. The summed E-state index contributed by atoms with van der Waals surface area (Å²) in [5.41, 5.74) is 0. The summed E-state index contributed by atoms with van der Waals surface area (Å²) in [5.74, 6) is 0.853. The molecule has 0 radical (unpaired) electrons. The van der Waals surface area contributed by atoms with E-state index in [0.29, 0.717) is 12.2 Å². The summed E-state index contributed by atoms with van der Waals surface area (Å²) in [6.07, 6.45) is 20.5. The van der Waals surface area contributed by atoms with Gasteiger partial charge in [-0.1, -0.05) is 77.9 Å². The quantitative estimate of drug-likeness (QED) is 0.220. The third-order valence-corrected chi connectivity index (χ3v) is 4.22. The summed E-state index contributed by atoms with van der Waals surface area (Å²) in [5, 5.41) is 0. The van der Waals surface area contributed by atoms with E-state index in [1.807, 2.05) is 0 Å². The SMILES string of the molecule is CCCCCCC/C=C\CC1OC1CCCCC(C)C. The van der Waals surface area contributed by atoms with Crippen LogP contribution in [0, 0.1) is 5.92 Å². The molecule has 20 heavy (non-hydrogen) atoms. The smallest absolute Gasteiger partial charge is 0.0876 e. The second-order valence-electron chi connectivity index (χ2n) is 6.80. The number of hydrogen-bond acceptors (Lipinski definition) is 1. The number of rotatable bonds is 13. The average molecular weight is 280 g/mol. The van der Waals surface area contributed by atoms with Crippen molar-refractivity contribution in [1.82, 2.24) is 0 Å². The molecule has 1 aliphatic heterocycles. The van der Waals surface area contributed by atoms with E-state index in [0.717, 1.165) is 12.3 Å². The fraction of sp³-hybridized carbons (Fsp3) is 0.895. The highest BCUT2D eigenvalue weighted by Crippen LogP contribution is 2.30. The number of ether oxygens (including phenoxy) is 1. The molecule has 118 valence electrons. The zero-order valence-corrected chi connectivity index (χ0v) is 14.1. The number of hydrogen-bond donors (Lipinski definition) is 0. The van der Waals surface area contributed by atoms with Gasteiger partial charge in [-0.3, -0.25) is 0 Å². The van der Waals surface area contributed by atoms with Crippen molar-refractivity contribution in [2.24, 2.45) is 5.92 Å². The first-order valence-corrected chi connectivity index (χ1v) is 9.04. The average Bonchev–Trinajstić information content (AvgIpc) is 3.16. The van der Waals surface area contributed by atoms with Crippen LogP contribution in [-0.4, -0.2) is 12.2 Å². The van der Waals surface area contributed by atoms with Crippen LogP contribution in [-0.2, 0) is 4.74 Å². The predicted molar refractivity (Wildman–Crippen MR) is 89.1 cm³/mol. The molecule has 2 atom stereocenters. The molecular formula is C19H36O. The van der Waals surface area contributed by atoms with E-state index in [1.54, 1.807) is 0 Å². The van der Waals surface area contributed by atoms with Crippen LogP contribution in [0.2, 0.25) is 0 Å². The minimum atomic E-state index is 0.547. The Morgan fingerprint density at radius 1 is 0.900 bits per heavy atom. The van der Waals surface area contributed by atoms with Crippen molar-refractivity contribution in [2.75, 3.05) is 0 Å². The number of epoxide rings is 1. The van der Waals surface area contributed by atoms with E-state index in [9.17, 15) is 0 Å². The van der Waals surface area contributed by atoms with E-state index in [1.165, 1.54) is 64.2 Å². The molecule has 1 aliphatic rings. The zero-order chi connectivity index (χ0) is 14.6. The van der Waals surface area contributed by atoms with Gasteiger partial charge in [0.05, 0.1) is 12.2 Å². The summed E-state index contributed by atoms with van der Waals surface area (Å²) in [6.45, 7) is 6.89. The molecule has 1 nitrogen and oxygen atoms in total. The van der Waals surface area contributed by atoms with Crippen LogP contribution in [0.3, 0.4) is 0 Å². The Labute approximate surface area is 127 Å². The Hall–Kier alpha value is -0.300. The fourth-order valence-corrected chi connectivity index (χ4v) is 2.75. The van der Waals surface area contributed by atoms with Gasteiger partial charge in [-0.05, 0) is 31.6 Å². The molecule has 0 aromatic rings.